The average Bonchev–Trinajstić information content (AvgIpc) is 2.41. The summed E-state index contributed by atoms with van der Waals surface area (Å²) in [4.78, 5) is 4.86. The van der Waals surface area contributed by atoms with E-state index in [-0.39, 0.29) is 0 Å². The molecule has 108 valence electrons. The van der Waals surface area contributed by atoms with Crippen LogP contribution in [0.25, 0.3) is 0 Å². The van der Waals surface area contributed by atoms with Crippen LogP contribution in [0.5, 0.6) is 0 Å². The number of para-hydroxylation sites is 1. The third-order valence-electron chi connectivity index (χ3n) is 3.76. The van der Waals surface area contributed by atoms with Crippen molar-refractivity contribution in [1.29, 1.82) is 0 Å². The first-order valence-corrected chi connectivity index (χ1v) is 7.46. The molecule has 0 aliphatic rings. The molecule has 0 saturated heterocycles. The van der Waals surface area contributed by atoms with Crippen LogP contribution in [0.4, 0.5) is 11.4 Å². The zero-order chi connectivity index (χ0) is 14.3. The van der Waals surface area contributed by atoms with Crippen LogP contribution in [-0.2, 0) is 0 Å². The molecule has 0 heterocycles. The molecular weight excluding hydrogens is 234 g/mol. The summed E-state index contributed by atoms with van der Waals surface area (Å²) in [6.07, 6.45) is 1.18. The van der Waals surface area contributed by atoms with Gasteiger partial charge in [0.25, 0.3) is 0 Å². The van der Waals surface area contributed by atoms with Crippen molar-refractivity contribution in [3.8, 4) is 0 Å². The summed E-state index contributed by atoms with van der Waals surface area (Å²) in [6.45, 7) is 14.3. The number of anilines is 2. The summed E-state index contributed by atoms with van der Waals surface area (Å²) in [7, 11) is 0. The number of hydrogen-bond acceptors (Lipinski definition) is 3. The van der Waals surface area contributed by atoms with E-state index >= 15 is 0 Å². The fourth-order valence-electron chi connectivity index (χ4n) is 2.57. The van der Waals surface area contributed by atoms with E-state index in [1.54, 1.807) is 0 Å². The van der Waals surface area contributed by atoms with E-state index in [1.165, 1.54) is 17.7 Å². The molecule has 0 radical (unpaired) electrons. The highest BCUT2D eigenvalue weighted by Gasteiger charge is 2.11. The molecule has 0 atom stereocenters. The van der Waals surface area contributed by atoms with E-state index in [9.17, 15) is 0 Å². The number of benzene rings is 1. The molecule has 2 N–H and O–H groups in total. The van der Waals surface area contributed by atoms with E-state index in [4.69, 9.17) is 5.73 Å². The second-order valence-corrected chi connectivity index (χ2v) is 4.97. The van der Waals surface area contributed by atoms with Crippen LogP contribution in [0, 0.1) is 6.92 Å². The molecule has 0 bridgehead atoms. The molecule has 3 heteroatoms. The van der Waals surface area contributed by atoms with Gasteiger partial charge in [-0.3, -0.25) is 0 Å². The minimum atomic E-state index is 0.893. The molecule has 1 rings (SSSR count). The fraction of sp³-hybridized carbons (Fsp3) is 0.625. The first-order chi connectivity index (χ1) is 9.13. The van der Waals surface area contributed by atoms with Gasteiger partial charge in [-0.25, -0.2) is 0 Å². The van der Waals surface area contributed by atoms with Gasteiger partial charge in [0.1, 0.15) is 0 Å². The Bertz CT molecular complexity index is 352. The SMILES string of the molecule is CCN(CC)CCCN(CC)c1c(C)cccc1N. The normalized spacial score (nSPS) is 11.0. The zero-order valence-electron chi connectivity index (χ0n) is 12.9. The molecule has 0 aliphatic heterocycles. The second-order valence-electron chi connectivity index (χ2n) is 4.97. The van der Waals surface area contributed by atoms with Crippen LogP contribution in [0.3, 0.4) is 0 Å². The van der Waals surface area contributed by atoms with E-state index in [2.05, 4.69) is 43.6 Å². The highest BCUT2D eigenvalue weighted by molar-refractivity contribution is 5.71. The van der Waals surface area contributed by atoms with Crippen LogP contribution >= 0.6 is 0 Å². The van der Waals surface area contributed by atoms with Gasteiger partial charge in [0.15, 0.2) is 0 Å². The van der Waals surface area contributed by atoms with Gasteiger partial charge in [0.05, 0.1) is 11.4 Å². The van der Waals surface area contributed by atoms with Crippen LogP contribution in [-0.4, -0.2) is 37.6 Å². The quantitative estimate of drug-likeness (QED) is 0.731. The molecule has 19 heavy (non-hydrogen) atoms. The lowest BCUT2D eigenvalue weighted by molar-refractivity contribution is 0.301. The Morgan fingerprint density at radius 3 is 2.21 bits per heavy atom. The molecule has 0 saturated carbocycles. The Morgan fingerprint density at radius 2 is 1.68 bits per heavy atom. The molecule has 0 amide bonds. The summed E-state index contributed by atoms with van der Waals surface area (Å²) < 4.78 is 0. The fourth-order valence-corrected chi connectivity index (χ4v) is 2.57. The summed E-state index contributed by atoms with van der Waals surface area (Å²) in [5.74, 6) is 0. The number of rotatable bonds is 8. The van der Waals surface area contributed by atoms with E-state index < -0.39 is 0 Å². The van der Waals surface area contributed by atoms with E-state index in [0.29, 0.717) is 0 Å². The molecule has 3 nitrogen and oxygen atoms in total. The number of nitrogens with two attached hydrogens (primary N) is 1. The summed E-state index contributed by atoms with van der Waals surface area (Å²) >= 11 is 0. The minimum Gasteiger partial charge on any atom is -0.397 e. The summed E-state index contributed by atoms with van der Waals surface area (Å²) in [5.41, 5.74) is 9.50. The van der Waals surface area contributed by atoms with Gasteiger partial charge in [0.2, 0.25) is 0 Å². The predicted molar refractivity (Wildman–Crippen MR) is 85.9 cm³/mol. The van der Waals surface area contributed by atoms with E-state index in [0.717, 1.165) is 38.4 Å². The Balaban J connectivity index is 2.63. The smallest absolute Gasteiger partial charge is 0.0629 e. The topological polar surface area (TPSA) is 32.5 Å². The van der Waals surface area contributed by atoms with E-state index in [1.807, 2.05) is 12.1 Å². The minimum absolute atomic E-state index is 0.893. The van der Waals surface area contributed by atoms with Crippen molar-refractivity contribution in [2.75, 3.05) is 43.4 Å². The van der Waals surface area contributed by atoms with Crippen LogP contribution < -0.4 is 10.6 Å². The van der Waals surface area contributed by atoms with Gasteiger partial charge >= 0.3 is 0 Å². The largest absolute Gasteiger partial charge is 0.397 e. The first kappa shape index (κ1) is 15.8. The van der Waals surface area contributed by atoms with Crippen molar-refractivity contribution in [2.45, 2.75) is 34.1 Å². The second kappa shape index (κ2) is 8.05. The summed E-state index contributed by atoms with van der Waals surface area (Å²) in [6, 6.07) is 6.16. The molecular formula is C16H29N3. The lowest BCUT2D eigenvalue weighted by Crippen LogP contribution is -2.30. The van der Waals surface area contributed by atoms with Gasteiger partial charge < -0.3 is 15.5 Å². The van der Waals surface area contributed by atoms with Crippen molar-refractivity contribution in [3.63, 3.8) is 0 Å². The van der Waals surface area contributed by atoms with Crippen molar-refractivity contribution in [3.05, 3.63) is 23.8 Å². The van der Waals surface area contributed by atoms with Gasteiger partial charge in [-0.05, 0) is 51.5 Å². The molecule has 1 aromatic rings. The number of aryl methyl sites for hydroxylation is 1. The third-order valence-corrected chi connectivity index (χ3v) is 3.76. The Morgan fingerprint density at radius 1 is 1.00 bits per heavy atom. The zero-order valence-corrected chi connectivity index (χ0v) is 12.9. The van der Waals surface area contributed by atoms with Gasteiger partial charge in [-0.2, -0.15) is 0 Å². The maximum Gasteiger partial charge on any atom is 0.0629 e. The molecule has 0 aromatic heterocycles. The van der Waals surface area contributed by atoms with Crippen LogP contribution in [0.1, 0.15) is 32.8 Å². The molecule has 0 fully saturated rings. The Hall–Kier alpha value is -1.22. The van der Waals surface area contributed by atoms with Crippen LogP contribution in [0.2, 0.25) is 0 Å². The van der Waals surface area contributed by atoms with Crippen LogP contribution in [0.15, 0.2) is 18.2 Å². The Labute approximate surface area is 118 Å². The predicted octanol–water partition coefficient (Wildman–Crippen LogP) is 3.14. The number of hydrogen-bond donors (Lipinski definition) is 1. The first-order valence-electron chi connectivity index (χ1n) is 7.46. The maximum absolute atomic E-state index is 6.13. The maximum atomic E-state index is 6.13. The number of nitrogen functional groups attached to an aromatic ring is 1. The van der Waals surface area contributed by atoms with Gasteiger partial charge in [-0.1, -0.05) is 26.0 Å². The average molecular weight is 263 g/mol. The monoisotopic (exact) mass is 263 g/mol. The highest BCUT2D eigenvalue weighted by Crippen LogP contribution is 2.27. The lowest BCUT2D eigenvalue weighted by atomic mass is 10.1. The third kappa shape index (κ3) is 4.43. The molecule has 1 aromatic carbocycles. The molecule has 0 spiro atoms. The van der Waals surface area contributed by atoms with Crippen molar-refractivity contribution < 1.29 is 0 Å². The van der Waals surface area contributed by atoms with Crippen molar-refractivity contribution in [2.24, 2.45) is 0 Å². The molecule has 0 unspecified atom stereocenters. The standard InChI is InChI=1S/C16H29N3/c1-5-18(6-2)12-9-13-19(7-3)16-14(4)10-8-11-15(16)17/h8,10-11H,5-7,9,12-13,17H2,1-4H3. The van der Waals surface area contributed by atoms with Crippen molar-refractivity contribution in [1.82, 2.24) is 4.90 Å². The van der Waals surface area contributed by atoms with Crippen molar-refractivity contribution >= 4 is 11.4 Å². The van der Waals surface area contributed by atoms with Gasteiger partial charge in [0, 0.05) is 13.1 Å². The highest BCUT2D eigenvalue weighted by atomic mass is 15.1. The molecule has 0 aliphatic carbocycles. The number of nitrogens with zero attached hydrogens (tertiary/aromatic N) is 2. The lowest BCUT2D eigenvalue weighted by Gasteiger charge is -2.27. The van der Waals surface area contributed by atoms with Gasteiger partial charge in [-0.15, -0.1) is 0 Å². The summed E-state index contributed by atoms with van der Waals surface area (Å²) in [5, 5.41) is 0. The Kier molecular flexibility index (Phi) is 6.71.